The summed E-state index contributed by atoms with van der Waals surface area (Å²) in [6.45, 7) is 8.24. The van der Waals surface area contributed by atoms with Gasteiger partial charge in [-0.25, -0.2) is 0 Å². The highest BCUT2D eigenvalue weighted by atomic mass is 16.5. The molecular formula is C17H27NO. The van der Waals surface area contributed by atoms with E-state index in [4.69, 9.17) is 10.5 Å². The highest BCUT2D eigenvalue weighted by molar-refractivity contribution is 5.29. The summed E-state index contributed by atoms with van der Waals surface area (Å²) in [4.78, 5) is 0. The van der Waals surface area contributed by atoms with E-state index in [1.165, 1.54) is 11.1 Å². The maximum Gasteiger partial charge on any atom is 0.0606 e. The summed E-state index contributed by atoms with van der Waals surface area (Å²) in [7, 11) is 0. The first-order chi connectivity index (χ1) is 9.07. The number of aryl methyl sites for hydroxylation is 1. The lowest BCUT2D eigenvalue weighted by Gasteiger charge is -2.43. The Kier molecular flexibility index (Phi) is 4.64. The zero-order valence-electron chi connectivity index (χ0n) is 12.5. The van der Waals surface area contributed by atoms with Gasteiger partial charge in [-0.15, -0.1) is 0 Å². The zero-order chi connectivity index (χ0) is 13.9. The molecule has 0 amide bonds. The van der Waals surface area contributed by atoms with Crippen LogP contribution in [0.2, 0.25) is 0 Å². The van der Waals surface area contributed by atoms with Crippen molar-refractivity contribution in [2.75, 3.05) is 13.2 Å². The lowest BCUT2D eigenvalue weighted by molar-refractivity contribution is -0.0465. The zero-order valence-corrected chi connectivity index (χ0v) is 12.5. The van der Waals surface area contributed by atoms with Crippen LogP contribution in [-0.4, -0.2) is 19.3 Å². The molecule has 1 aliphatic heterocycles. The van der Waals surface area contributed by atoms with Gasteiger partial charge in [-0.2, -0.15) is 0 Å². The van der Waals surface area contributed by atoms with E-state index in [1.54, 1.807) is 0 Å². The van der Waals surface area contributed by atoms with E-state index in [-0.39, 0.29) is 5.41 Å². The quantitative estimate of drug-likeness (QED) is 0.901. The van der Waals surface area contributed by atoms with Gasteiger partial charge in [-0.1, -0.05) is 43.7 Å². The maximum atomic E-state index is 5.95. The van der Waals surface area contributed by atoms with Crippen molar-refractivity contribution in [2.45, 2.75) is 51.6 Å². The second kappa shape index (κ2) is 6.06. The lowest BCUT2D eigenvalue weighted by Crippen LogP contribution is -2.42. The fourth-order valence-electron chi connectivity index (χ4n) is 3.20. The van der Waals surface area contributed by atoms with Gasteiger partial charge in [0.2, 0.25) is 0 Å². The Morgan fingerprint density at radius 2 is 2.00 bits per heavy atom. The van der Waals surface area contributed by atoms with Crippen molar-refractivity contribution in [3.05, 3.63) is 35.4 Å². The summed E-state index contributed by atoms with van der Waals surface area (Å²) in [5.41, 5.74) is 8.87. The molecule has 1 aromatic rings. The SMILES string of the molecule is Cc1ccc([C@@]2(CCN)CCO[C@H](C(C)C)C2)cc1. The van der Waals surface area contributed by atoms with E-state index in [1.807, 2.05) is 0 Å². The van der Waals surface area contributed by atoms with Crippen LogP contribution in [0.5, 0.6) is 0 Å². The van der Waals surface area contributed by atoms with E-state index < -0.39 is 0 Å². The van der Waals surface area contributed by atoms with Crippen LogP contribution >= 0.6 is 0 Å². The Balaban J connectivity index is 2.28. The van der Waals surface area contributed by atoms with Crippen molar-refractivity contribution in [2.24, 2.45) is 11.7 Å². The van der Waals surface area contributed by atoms with E-state index in [2.05, 4.69) is 45.0 Å². The number of benzene rings is 1. The molecule has 0 bridgehead atoms. The van der Waals surface area contributed by atoms with Gasteiger partial charge in [0.1, 0.15) is 0 Å². The van der Waals surface area contributed by atoms with E-state index in [9.17, 15) is 0 Å². The van der Waals surface area contributed by atoms with Crippen molar-refractivity contribution in [3.63, 3.8) is 0 Å². The third-order valence-corrected chi connectivity index (χ3v) is 4.53. The molecule has 2 heteroatoms. The van der Waals surface area contributed by atoms with E-state index in [0.29, 0.717) is 12.0 Å². The summed E-state index contributed by atoms with van der Waals surface area (Å²) in [6, 6.07) is 9.00. The average Bonchev–Trinajstić information content (AvgIpc) is 2.40. The predicted octanol–water partition coefficient (Wildman–Crippen LogP) is 3.42. The Morgan fingerprint density at radius 3 is 2.58 bits per heavy atom. The fraction of sp³-hybridized carbons (Fsp3) is 0.647. The summed E-state index contributed by atoms with van der Waals surface area (Å²) >= 11 is 0. The monoisotopic (exact) mass is 261 g/mol. The topological polar surface area (TPSA) is 35.2 Å². The smallest absolute Gasteiger partial charge is 0.0606 e. The Bertz CT molecular complexity index is 394. The van der Waals surface area contributed by atoms with Crippen molar-refractivity contribution in [3.8, 4) is 0 Å². The van der Waals surface area contributed by atoms with Crippen LogP contribution in [0.1, 0.15) is 44.2 Å². The van der Waals surface area contributed by atoms with Gasteiger partial charge in [0.15, 0.2) is 0 Å². The van der Waals surface area contributed by atoms with E-state index in [0.717, 1.165) is 32.4 Å². The first-order valence-electron chi connectivity index (χ1n) is 7.46. The molecule has 0 unspecified atom stereocenters. The number of ether oxygens (including phenoxy) is 1. The van der Waals surface area contributed by atoms with Gasteiger partial charge in [0.25, 0.3) is 0 Å². The third-order valence-electron chi connectivity index (χ3n) is 4.53. The van der Waals surface area contributed by atoms with Crippen molar-refractivity contribution in [1.29, 1.82) is 0 Å². The molecule has 1 heterocycles. The van der Waals surface area contributed by atoms with Crippen LogP contribution < -0.4 is 5.73 Å². The summed E-state index contributed by atoms with van der Waals surface area (Å²) in [5.74, 6) is 0.572. The van der Waals surface area contributed by atoms with Gasteiger partial charge >= 0.3 is 0 Å². The largest absolute Gasteiger partial charge is 0.378 e. The Hall–Kier alpha value is -0.860. The molecular weight excluding hydrogens is 234 g/mol. The van der Waals surface area contributed by atoms with Crippen molar-refractivity contribution in [1.82, 2.24) is 0 Å². The van der Waals surface area contributed by atoms with Gasteiger partial charge < -0.3 is 10.5 Å². The van der Waals surface area contributed by atoms with Crippen LogP contribution in [0, 0.1) is 12.8 Å². The molecule has 0 spiro atoms. The number of nitrogens with two attached hydrogens (primary N) is 1. The molecule has 2 nitrogen and oxygen atoms in total. The van der Waals surface area contributed by atoms with Gasteiger partial charge in [-0.3, -0.25) is 0 Å². The Labute approximate surface area is 117 Å². The standard InChI is InChI=1S/C17H27NO/c1-13(2)16-12-17(8-10-18,9-11-19-16)15-6-4-14(3)5-7-15/h4-7,13,16H,8-12,18H2,1-3H3/t16-,17-/m0/s1. The molecule has 2 rings (SSSR count). The second-order valence-electron chi connectivity index (χ2n) is 6.29. The lowest BCUT2D eigenvalue weighted by atomic mass is 9.68. The molecule has 0 radical (unpaired) electrons. The van der Waals surface area contributed by atoms with Crippen molar-refractivity contribution < 1.29 is 4.74 Å². The molecule has 19 heavy (non-hydrogen) atoms. The minimum Gasteiger partial charge on any atom is -0.378 e. The van der Waals surface area contributed by atoms with E-state index >= 15 is 0 Å². The number of hydrogen-bond acceptors (Lipinski definition) is 2. The molecule has 1 aliphatic rings. The highest BCUT2D eigenvalue weighted by Gasteiger charge is 2.38. The number of hydrogen-bond donors (Lipinski definition) is 1. The molecule has 1 saturated heterocycles. The minimum atomic E-state index is 0.218. The summed E-state index contributed by atoms with van der Waals surface area (Å²) < 4.78 is 5.95. The van der Waals surface area contributed by atoms with Crippen LogP contribution in [0.3, 0.4) is 0 Å². The van der Waals surface area contributed by atoms with Crippen LogP contribution in [0.25, 0.3) is 0 Å². The predicted molar refractivity (Wildman–Crippen MR) is 80.3 cm³/mol. The molecule has 0 aromatic heterocycles. The Morgan fingerprint density at radius 1 is 1.32 bits per heavy atom. The molecule has 0 saturated carbocycles. The second-order valence-corrected chi connectivity index (χ2v) is 6.29. The average molecular weight is 261 g/mol. The van der Waals surface area contributed by atoms with Gasteiger partial charge in [0.05, 0.1) is 6.10 Å². The highest BCUT2D eigenvalue weighted by Crippen LogP contribution is 2.41. The third kappa shape index (κ3) is 3.18. The first-order valence-corrected chi connectivity index (χ1v) is 7.46. The maximum absolute atomic E-state index is 5.95. The normalized spacial score (nSPS) is 27.7. The molecule has 106 valence electrons. The van der Waals surface area contributed by atoms with Gasteiger partial charge in [-0.05, 0) is 44.2 Å². The fourth-order valence-corrected chi connectivity index (χ4v) is 3.20. The first kappa shape index (κ1) is 14.5. The minimum absolute atomic E-state index is 0.218. The summed E-state index contributed by atoms with van der Waals surface area (Å²) in [5, 5.41) is 0. The molecule has 1 fully saturated rings. The molecule has 2 atom stereocenters. The van der Waals surface area contributed by atoms with Crippen LogP contribution in [0.4, 0.5) is 0 Å². The molecule has 2 N–H and O–H groups in total. The molecule has 0 aliphatic carbocycles. The van der Waals surface area contributed by atoms with Crippen LogP contribution in [0.15, 0.2) is 24.3 Å². The molecule has 1 aromatic carbocycles. The van der Waals surface area contributed by atoms with Crippen LogP contribution in [-0.2, 0) is 10.2 Å². The summed E-state index contributed by atoms with van der Waals surface area (Å²) in [6.07, 6.45) is 3.62. The van der Waals surface area contributed by atoms with Crippen molar-refractivity contribution >= 4 is 0 Å². The number of rotatable bonds is 4. The van der Waals surface area contributed by atoms with Gasteiger partial charge in [0, 0.05) is 12.0 Å².